The minimum Gasteiger partial charge on any atom is -0.394 e. The van der Waals surface area contributed by atoms with E-state index in [1.807, 2.05) is 31.3 Å². The van der Waals surface area contributed by atoms with Gasteiger partial charge in [-0.25, -0.2) is 0 Å². The van der Waals surface area contributed by atoms with Crippen LogP contribution in [-0.4, -0.2) is 18.8 Å². The van der Waals surface area contributed by atoms with E-state index in [9.17, 15) is 0 Å². The lowest BCUT2D eigenvalue weighted by Gasteiger charge is -2.13. The van der Waals surface area contributed by atoms with Crippen LogP contribution in [0.15, 0.2) is 24.3 Å². The van der Waals surface area contributed by atoms with Crippen LogP contribution in [0.25, 0.3) is 0 Å². The van der Waals surface area contributed by atoms with Crippen molar-refractivity contribution in [3.63, 3.8) is 0 Å². The SMILES string of the molecule is CN[C@H](CO)c1cccc(Cl)c1. The number of nitrogens with one attached hydrogen (secondary N) is 1. The summed E-state index contributed by atoms with van der Waals surface area (Å²) >= 11 is 5.79. The second-order valence-corrected chi connectivity index (χ2v) is 3.02. The fourth-order valence-corrected chi connectivity index (χ4v) is 1.29. The van der Waals surface area contributed by atoms with Crippen molar-refractivity contribution in [2.75, 3.05) is 13.7 Å². The fourth-order valence-electron chi connectivity index (χ4n) is 1.09. The van der Waals surface area contributed by atoms with Crippen LogP contribution in [0.2, 0.25) is 5.02 Å². The van der Waals surface area contributed by atoms with E-state index in [1.165, 1.54) is 0 Å². The smallest absolute Gasteiger partial charge is 0.0626 e. The molecular formula is C9H12ClNO. The van der Waals surface area contributed by atoms with E-state index < -0.39 is 0 Å². The van der Waals surface area contributed by atoms with Gasteiger partial charge in [-0.05, 0) is 24.7 Å². The fraction of sp³-hybridized carbons (Fsp3) is 0.333. The molecule has 0 amide bonds. The normalized spacial score (nSPS) is 12.9. The largest absolute Gasteiger partial charge is 0.394 e. The Morgan fingerprint density at radius 2 is 2.33 bits per heavy atom. The Morgan fingerprint density at radius 3 is 2.83 bits per heavy atom. The maximum Gasteiger partial charge on any atom is 0.0626 e. The van der Waals surface area contributed by atoms with Crippen molar-refractivity contribution >= 4 is 11.6 Å². The molecule has 0 unspecified atom stereocenters. The molecule has 1 aromatic rings. The monoisotopic (exact) mass is 185 g/mol. The van der Waals surface area contributed by atoms with Crippen molar-refractivity contribution in [1.29, 1.82) is 0 Å². The highest BCUT2D eigenvalue weighted by molar-refractivity contribution is 6.30. The van der Waals surface area contributed by atoms with Gasteiger partial charge in [-0.3, -0.25) is 0 Å². The van der Waals surface area contributed by atoms with Crippen molar-refractivity contribution in [3.8, 4) is 0 Å². The lowest BCUT2D eigenvalue weighted by molar-refractivity contribution is 0.251. The molecule has 0 fully saturated rings. The Labute approximate surface area is 77.2 Å². The quantitative estimate of drug-likeness (QED) is 0.750. The summed E-state index contributed by atoms with van der Waals surface area (Å²) in [5.74, 6) is 0. The Bertz CT molecular complexity index is 248. The molecule has 0 aliphatic heterocycles. The molecule has 1 rings (SSSR count). The van der Waals surface area contributed by atoms with Crippen molar-refractivity contribution in [1.82, 2.24) is 5.32 Å². The van der Waals surface area contributed by atoms with Gasteiger partial charge in [0, 0.05) is 5.02 Å². The minimum atomic E-state index is -0.0244. The number of rotatable bonds is 3. The third-order valence-electron chi connectivity index (χ3n) is 1.78. The van der Waals surface area contributed by atoms with Gasteiger partial charge in [-0.1, -0.05) is 23.7 Å². The van der Waals surface area contributed by atoms with Gasteiger partial charge in [0.05, 0.1) is 12.6 Å². The summed E-state index contributed by atoms with van der Waals surface area (Å²) in [5, 5.41) is 12.6. The van der Waals surface area contributed by atoms with E-state index in [0.717, 1.165) is 5.56 Å². The van der Waals surface area contributed by atoms with Crippen LogP contribution in [-0.2, 0) is 0 Å². The van der Waals surface area contributed by atoms with Gasteiger partial charge in [0.25, 0.3) is 0 Å². The van der Waals surface area contributed by atoms with Gasteiger partial charge in [-0.15, -0.1) is 0 Å². The summed E-state index contributed by atoms with van der Waals surface area (Å²) in [6, 6.07) is 7.44. The van der Waals surface area contributed by atoms with Gasteiger partial charge in [0.1, 0.15) is 0 Å². The summed E-state index contributed by atoms with van der Waals surface area (Å²) in [6.07, 6.45) is 0. The topological polar surface area (TPSA) is 32.3 Å². The van der Waals surface area contributed by atoms with Gasteiger partial charge < -0.3 is 10.4 Å². The van der Waals surface area contributed by atoms with E-state index in [-0.39, 0.29) is 12.6 Å². The van der Waals surface area contributed by atoms with Gasteiger partial charge >= 0.3 is 0 Å². The van der Waals surface area contributed by atoms with Crippen LogP contribution in [0.3, 0.4) is 0 Å². The Kier molecular flexibility index (Phi) is 3.53. The van der Waals surface area contributed by atoms with E-state index in [1.54, 1.807) is 0 Å². The zero-order valence-corrected chi connectivity index (χ0v) is 7.67. The summed E-state index contributed by atoms with van der Waals surface area (Å²) in [7, 11) is 1.81. The van der Waals surface area contributed by atoms with Gasteiger partial charge in [0.15, 0.2) is 0 Å². The zero-order valence-electron chi connectivity index (χ0n) is 6.92. The average molecular weight is 186 g/mol. The Balaban J connectivity index is 2.85. The second kappa shape index (κ2) is 4.45. The molecule has 0 saturated heterocycles. The molecule has 0 radical (unpaired) electrons. The molecule has 0 spiro atoms. The molecule has 0 aliphatic rings. The number of halogens is 1. The first-order valence-electron chi connectivity index (χ1n) is 3.81. The molecule has 2 nitrogen and oxygen atoms in total. The second-order valence-electron chi connectivity index (χ2n) is 2.58. The molecule has 0 heterocycles. The summed E-state index contributed by atoms with van der Waals surface area (Å²) in [5.41, 5.74) is 1.01. The Hall–Kier alpha value is -0.570. The molecule has 0 bridgehead atoms. The van der Waals surface area contributed by atoms with Crippen LogP contribution in [0.1, 0.15) is 11.6 Å². The van der Waals surface area contributed by atoms with Crippen molar-refractivity contribution < 1.29 is 5.11 Å². The number of likely N-dealkylation sites (N-methyl/N-ethyl adjacent to an activating group) is 1. The number of aliphatic hydroxyl groups is 1. The van der Waals surface area contributed by atoms with Crippen LogP contribution in [0, 0.1) is 0 Å². The Morgan fingerprint density at radius 1 is 1.58 bits per heavy atom. The lowest BCUT2D eigenvalue weighted by Crippen LogP contribution is -2.19. The van der Waals surface area contributed by atoms with Crippen molar-refractivity contribution in [3.05, 3.63) is 34.9 Å². The molecule has 12 heavy (non-hydrogen) atoms. The predicted octanol–water partition coefficient (Wildman–Crippen LogP) is 1.59. The number of hydrogen-bond donors (Lipinski definition) is 2. The van der Waals surface area contributed by atoms with Crippen LogP contribution in [0.4, 0.5) is 0 Å². The zero-order chi connectivity index (χ0) is 8.97. The third-order valence-corrected chi connectivity index (χ3v) is 2.02. The summed E-state index contributed by atoms with van der Waals surface area (Å²) < 4.78 is 0. The van der Waals surface area contributed by atoms with Crippen LogP contribution in [0.5, 0.6) is 0 Å². The van der Waals surface area contributed by atoms with Gasteiger partial charge in [0.2, 0.25) is 0 Å². The first kappa shape index (κ1) is 9.52. The summed E-state index contributed by atoms with van der Waals surface area (Å²) in [4.78, 5) is 0. The molecule has 66 valence electrons. The van der Waals surface area contributed by atoms with E-state index >= 15 is 0 Å². The van der Waals surface area contributed by atoms with E-state index in [2.05, 4.69) is 5.32 Å². The van der Waals surface area contributed by atoms with Crippen LogP contribution >= 0.6 is 11.6 Å². The maximum absolute atomic E-state index is 8.96. The van der Waals surface area contributed by atoms with Crippen molar-refractivity contribution in [2.45, 2.75) is 6.04 Å². The molecule has 1 atom stereocenters. The highest BCUT2D eigenvalue weighted by atomic mass is 35.5. The first-order valence-corrected chi connectivity index (χ1v) is 4.19. The standard InChI is InChI=1S/C9H12ClNO/c1-11-9(6-12)7-3-2-4-8(10)5-7/h2-5,9,11-12H,6H2,1H3/t9-/m1/s1. The molecule has 0 aromatic heterocycles. The van der Waals surface area contributed by atoms with E-state index in [4.69, 9.17) is 16.7 Å². The average Bonchev–Trinajstić information content (AvgIpc) is 2.07. The van der Waals surface area contributed by atoms with E-state index in [0.29, 0.717) is 5.02 Å². The first-order chi connectivity index (χ1) is 5.77. The van der Waals surface area contributed by atoms with Crippen molar-refractivity contribution in [2.24, 2.45) is 0 Å². The predicted molar refractivity (Wildman–Crippen MR) is 50.3 cm³/mol. The number of aliphatic hydroxyl groups excluding tert-OH is 1. The molecule has 0 aliphatic carbocycles. The maximum atomic E-state index is 8.96. The number of hydrogen-bond acceptors (Lipinski definition) is 2. The molecule has 0 saturated carbocycles. The molecular weight excluding hydrogens is 174 g/mol. The lowest BCUT2D eigenvalue weighted by atomic mass is 10.1. The molecule has 2 N–H and O–H groups in total. The highest BCUT2D eigenvalue weighted by Crippen LogP contribution is 2.16. The highest BCUT2D eigenvalue weighted by Gasteiger charge is 2.06. The number of benzene rings is 1. The third kappa shape index (κ3) is 2.21. The molecule has 3 heteroatoms. The minimum absolute atomic E-state index is 0.0244. The van der Waals surface area contributed by atoms with Crippen LogP contribution < -0.4 is 5.32 Å². The van der Waals surface area contributed by atoms with Gasteiger partial charge in [-0.2, -0.15) is 0 Å². The molecule has 1 aromatic carbocycles. The summed E-state index contributed by atoms with van der Waals surface area (Å²) in [6.45, 7) is 0.0802.